The fourth-order valence-corrected chi connectivity index (χ4v) is 2.42. The summed E-state index contributed by atoms with van der Waals surface area (Å²) in [6.45, 7) is 7.98. The normalized spacial score (nSPS) is 13.3. The number of alkyl carbamates (subject to hydrolysis) is 1. The molecule has 8 heteroatoms. The minimum Gasteiger partial charge on any atom is -0.444 e. The molecule has 0 aliphatic carbocycles. The van der Waals surface area contributed by atoms with Crippen LogP contribution in [0.15, 0.2) is 23.2 Å². The zero-order valence-corrected chi connectivity index (χ0v) is 15.8. The van der Waals surface area contributed by atoms with Gasteiger partial charge in [0.2, 0.25) is 0 Å². The van der Waals surface area contributed by atoms with Gasteiger partial charge in [0.05, 0.1) is 12.6 Å². The molecule has 6 nitrogen and oxygen atoms in total. The third-order valence-corrected chi connectivity index (χ3v) is 3.42. The molecular weight excluding hydrogens is 351 g/mol. The summed E-state index contributed by atoms with van der Waals surface area (Å²) >= 11 is 12.0. The highest BCUT2D eigenvalue weighted by atomic mass is 35.5. The first-order valence-corrected chi connectivity index (χ1v) is 8.32. The number of carbonyl (C=O) groups excluding carboxylic acids is 1. The Balaban J connectivity index is 2.43. The highest BCUT2D eigenvalue weighted by Crippen LogP contribution is 2.25. The second-order valence-corrected chi connectivity index (χ2v) is 7.07. The molecule has 0 aliphatic rings. The fourth-order valence-electron chi connectivity index (χ4n) is 1.85. The molecule has 0 saturated heterocycles. The number of amides is 1. The standard InChI is InChI=1S/C16H24Cl2N4O2/c1-10(12-6-5-11(17)9-13(12)18)22-14(19)20-7-8-21-15(23)24-16(2,3)4/h5-6,9-10H,7-8H2,1-4H3,(H,21,23)(H3,19,20,22). The molecule has 1 unspecified atom stereocenters. The van der Waals surface area contributed by atoms with Crippen LogP contribution in [-0.4, -0.2) is 30.7 Å². The molecule has 1 atom stereocenters. The van der Waals surface area contributed by atoms with Gasteiger partial charge in [-0.3, -0.25) is 4.99 Å². The summed E-state index contributed by atoms with van der Waals surface area (Å²) in [6, 6.07) is 5.14. The summed E-state index contributed by atoms with van der Waals surface area (Å²) in [7, 11) is 0. The Kier molecular flexibility index (Phi) is 7.63. The zero-order chi connectivity index (χ0) is 18.3. The molecule has 0 saturated carbocycles. The second-order valence-electron chi connectivity index (χ2n) is 6.23. The number of nitrogens with one attached hydrogen (secondary N) is 2. The largest absolute Gasteiger partial charge is 0.444 e. The molecular formula is C16H24Cl2N4O2. The maximum absolute atomic E-state index is 11.5. The van der Waals surface area contributed by atoms with Gasteiger partial charge >= 0.3 is 6.09 Å². The van der Waals surface area contributed by atoms with Gasteiger partial charge in [0.1, 0.15) is 5.60 Å². The number of nitrogens with zero attached hydrogens (tertiary/aromatic N) is 1. The van der Waals surface area contributed by atoms with Crippen LogP contribution in [0.3, 0.4) is 0 Å². The van der Waals surface area contributed by atoms with Crippen LogP contribution < -0.4 is 16.4 Å². The van der Waals surface area contributed by atoms with Crippen LogP contribution in [-0.2, 0) is 4.74 Å². The molecule has 1 amide bonds. The Bertz CT molecular complexity index is 600. The minimum absolute atomic E-state index is 0.127. The second kappa shape index (κ2) is 8.99. The maximum Gasteiger partial charge on any atom is 0.407 e. The van der Waals surface area contributed by atoms with Crippen molar-refractivity contribution in [2.75, 3.05) is 13.1 Å². The summed E-state index contributed by atoms with van der Waals surface area (Å²) < 4.78 is 5.12. The SMILES string of the molecule is CC(NC(N)=NCCNC(=O)OC(C)(C)C)c1ccc(Cl)cc1Cl. The third-order valence-electron chi connectivity index (χ3n) is 2.86. The Labute approximate surface area is 152 Å². The Morgan fingerprint density at radius 2 is 2.04 bits per heavy atom. The minimum atomic E-state index is -0.527. The molecule has 1 rings (SSSR count). The van der Waals surface area contributed by atoms with E-state index in [0.29, 0.717) is 23.1 Å². The lowest BCUT2D eigenvalue weighted by atomic mass is 10.1. The summed E-state index contributed by atoms with van der Waals surface area (Å²) in [5.74, 6) is 0.263. The van der Waals surface area contributed by atoms with E-state index in [1.807, 2.05) is 13.0 Å². The number of hydrogen-bond acceptors (Lipinski definition) is 3. The van der Waals surface area contributed by atoms with E-state index in [0.717, 1.165) is 5.56 Å². The van der Waals surface area contributed by atoms with Gasteiger partial charge in [-0.1, -0.05) is 29.3 Å². The number of halogens is 2. The lowest BCUT2D eigenvalue weighted by Gasteiger charge is -2.19. The first-order chi connectivity index (χ1) is 11.1. The smallest absolute Gasteiger partial charge is 0.407 e. The molecule has 1 aromatic rings. The van der Waals surface area contributed by atoms with Gasteiger partial charge in [-0.2, -0.15) is 0 Å². The summed E-state index contributed by atoms with van der Waals surface area (Å²) in [6.07, 6.45) is -0.481. The molecule has 134 valence electrons. The summed E-state index contributed by atoms with van der Waals surface area (Å²) in [4.78, 5) is 15.6. The number of rotatable bonds is 5. The lowest BCUT2D eigenvalue weighted by molar-refractivity contribution is 0.0529. The van der Waals surface area contributed by atoms with Crippen LogP contribution in [0, 0.1) is 0 Å². The predicted octanol–water partition coefficient (Wildman–Crippen LogP) is 3.48. The van der Waals surface area contributed by atoms with E-state index >= 15 is 0 Å². The van der Waals surface area contributed by atoms with E-state index < -0.39 is 11.7 Å². The van der Waals surface area contributed by atoms with Crippen molar-refractivity contribution in [1.82, 2.24) is 10.6 Å². The monoisotopic (exact) mass is 374 g/mol. The van der Waals surface area contributed by atoms with Crippen molar-refractivity contribution in [3.8, 4) is 0 Å². The van der Waals surface area contributed by atoms with Gasteiger partial charge in [-0.05, 0) is 45.4 Å². The quantitative estimate of drug-likeness (QED) is 0.418. The molecule has 0 aromatic heterocycles. The molecule has 0 aliphatic heterocycles. The number of aliphatic imine (C=N–C) groups is 1. The van der Waals surface area contributed by atoms with Crippen molar-refractivity contribution in [3.05, 3.63) is 33.8 Å². The zero-order valence-electron chi connectivity index (χ0n) is 14.3. The number of benzene rings is 1. The molecule has 4 N–H and O–H groups in total. The number of guanidine groups is 1. The van der Waals surface area contributed by atoms with Crippen LogP contribution >= 0.6 is 23.2 Å². The van der Waals surface area contributed by atoms with Crippen molar-refractivity contribution in [1.29, 1.82) is 0 Å². The summed E-state index contributed by atoms with van der Waals surface area (Å²) in [5.41, 5.74) is 6.18. The number of nitrogens with two attached hydrogens (primary N) is 1. The van der Waals surface area contributed by atoms with Crippen molar-refractivity contribution in [2.45, 2.75) is 39.3 Å². The van der Waals surface area contributed by atoms with Crippen LogP contribution in [0.2, 0.25) is 10.0 Å². The van der Waals surface area contributed by atoms with Gasteiger partial charge in [0.25, 0.3) is 0 Å². The molecule has 0 bridgehead atoms. The molecule has 1 aromatic carbocycles. The van der Waals surface area contributed by atoms with Gasteiger partial charge in [0, 0.05) is 16.6 Å². The van der Waals surface area contributed by atoms with Crippen LogP contribution in [0.4, 0.5) is 4.79 Å². The molecule has 0 heterocycles. The molecule has 0 radical (unpaired) electrons. The van der Waals surface area contributed by atoms with Crippen molar-refractivity contribution >= 4 is 35.3 Å². The predicted molar refractivity (Wildman–Crippen MR) is 98.7 cm³/mol. The average molecular weight is 375 g/mol. The lowest BCUT2D eigenvalue weighted by Crippen LogP contribution is -2.36. The van der Waals surface area contributed by atoms with Crippen molar-refractivity contribution < 1.29 is 9.53 Å². The fraction of sp³-hybridized carbons (Fsp3) is 0.500. The summed E-state index contributed by atoms with van der Waals surface area (Å²) in [5, 5.41) is 6.78. The maximum atomic E-state index is 11.5. The van der Waals surface area contributed by atoms with Gasteiger partial charge in [0.15, 0.2) is 5.96 Å². The first kappa shape index (κ1) is 20.4. The van der Waals surface area contributed by atoms with Crippen molar-refractivity contribution in [3.63, 3.8) is 0 Å². The number of carbonyl (C=O) groups is 1. The first-order valence-electron chi connectivity index (χ1n) is 7.57. The topological polar surface area (TPSA) is 88.7 Å². The Morgan fingerprint density at radius 1 is 1.38 bits per heavy atom. The van der Waals surface area contributed by atoms with Gasteiger partial charge < -0.3 is 21.1 Å². The van der Waals surface area contributed by atoms with Gasteiger partial charge in [-0.25, -0.2) is 4.79 Å². The Hall–Kier alpha value is -1.66. The number of ether oxygens (including phenoxy) is 1. The van der Waals surface area contributed by atoms with Crippen LogP contribution in [0.1, 0.15) is 39.3 Å². The van der Waals surface area contributed by atoms with E-state index in [-0.39, 0.29) is 12.0 Å². The van der Waals surface area contributed by atoms with E-state index in [4.69, 9.17) is 33.7 Å². The van der Waals surface area contributed by atoms with E-state index in [1.165, 1.54) is 0 Å². The van der Waals surface area contributed by atoms with Crippen LogP contribution in [0.5, 0.6) is 0 Å². The van der Waals surface area contributed by atoms with E-state index in [1.54, 1.807) is 32.9 Å². The molecule has 0 fully saturated rings. The Morgan fingerprint density at radius 3 is 2.62 bits per heavy atom. The highest BCUT2D eigenvalue weighted by molar-refractivity contribution is 6.35. The van der Waals surface area contributed by atoms with Crippen LogP contribution in [0.25, 0.3) is 0 Å². The molecule has 0 spiro atoms. The number of hydrogen-bond donors (Lipinski definition) is 3. The average Bonchev–Trinajstić information content (AvgIpc) is 2.41. The van der Waals surface area contributed by atoms with E-state index in [2.05, 4.69) is 15.6 Å². The highest BCUT2D eigenvalue weighted by Gasteiger charge is 2.15. The third kappa shape index (κ3) is 7.75. The van der Waals surface area contributed by atoms with Crippen molar-refractivity contribution in [2.24, 2.45) is 10.7 Å². The van der Waals surface area contributed by atoms with E-state index in [9.17, 15) is 4.79 Å². The molecule has 24 heavy (non-hydrogen) atoms. The van der Waals surface area contributed by atoms with Gasteiger partial charge in [-0.15, -0.1) is 0 Å².